The molecule has 2 N–H and O–H groups in total. The summed E-state index contributed by atoms with van der Waals surface area (Å²) in [6.45, 7) is 4.52. The van der Waals surface area contributed by atoms with Crippen LogP contribution in [0.4, 0.5) is 10.8 Å². The first-order valence-electron chi connectivity index (χ1n) is 6.41. The van der Waals surface area contributed by atoms with Gasteiger partial charge in [-0.3, -0.25) is 4.98 Å². The van der Waals surface area contributed by atoms with Gasteiger partial charge in [0.05, 0.1) is 5.69 Å². The van der Waals surface area contributed by atoms with Gasteiger partial charge in [0.15, 0.2) is 5.13 Å². The average Bonchev–Trinajstić information content (AvgIpc) is 3.02. The summed E-state index contributed by atoms with van der Waals surface area (Å²) in [6, 6.07) is 4.14. The van der Waals surface area contributed by atoms with E-state index in [2.05, 4.69) is 31.9 Å². The number of hydrogen-bond donors (Lipinski definition) is 1. The van der Waals surface area contributed by atoms with Crippen molar-refractivity contribution >= 4 is 22.2 Å². The molecule has 5 nitrogen and oxygen atoms in total. The quantitative estimate of drug-likeness (QED) is 0.915. The summed E-state index contributed by atoms with van der Waals surface area (Å²) < 4.78 is 0. The van der Waals surface area contributed by atoms with Crippen LogP contribution in [0.1, 0.15) is 5.69 Å². The summed E-state index contributed by atoms with van der Waals surface area (Å²) in [5.41, 5.74) is 7.80. The van der Waals surface area contributed by atoms with Gasteiger partial charge in [0.1, 0.15) is 0 Å². The van der Waals surface area contributed by atoms with Crippen LogP contribution in [0.25, 0.3) is 0 Å². The molecule has 6 heteroatoms. The van der Waals surface area contributed by atoms with E-state index in [1.807, 2.05) is 17.8 Å². The van der Waals surface area contributed by atoms with E-state index >= 15 is 0 Å². The zero-order valence-electron chi connectivity index (χ0n) is 10.7. The Labute approximate surface area is 116 Å². The van der Waals surface area contributed by atoms with Crippen LogP contribution in [-0.2, 0) is 6.54 Å². The van der Waals surface area contributed by atoms with Gasteiger partial charge >= 0.3 is 0 Å². The number of aromatic nitrogens is 2. The first kappa shape index (κ1) is 12.4. The number of piperazine rings is 1. The molecule has 2 aromatic heterocycles. The minimum absolute atomic E-state index is 0.493. The fraction of sp³-hybridized carbons (Fsp3) is 0.385. The van der Waals surface area contributed by atoms with E-state index in [-0.39, 0.29) is 0 Å². The van der Waals surface area contributed by atoms with E-state index in [0.717, 1.165) is 37.0 Å². The van der Waals surface area contributed by atoms with E-state index in [0.29, 0.717) is 6.54 Å². The highest BCUT2D eigenvalue weighted by atomic mass is 32.1. The average molecular weight is 275 g/mol. The Morgan fingerprint density at radius 3 is 2.58 bits per heavy atom. The third kappa shape index (κ3) is 2.69. The van der Waals surface area contributed by atoms with Crippen LogP contribution < -0.4 is 15.5 Å². The van der Waals surface area contributed by atoms with Crippen molar-refractivity contribution in [3.8, 4) is 0 Å². The fourth-order valence-electron chi connectivity index (χ4n) is 2.30. The van der Waals surface area contributed by atoms with Crippen molar-refractivity contribution in [2.24, 2.45) is 5.73 Å². The number of hydrogen-bond acceptors (Lipinski definition) is 6. The van der Waals surface area contributed by atoms with Gasteiger partial charge in [0.2, 0.25) is 0 Å². The van der Waals surface area contributed by atoms with Crippen molar-refractivity contribution in [3.05, 3.63) is 35.6 Å². The van der Waals surface area contributed by atoms with Crippen molar-refractivity contribution in [2.75, 3.05) is 36.0 Å². The maximum atomic E-state index is 5.64. The standard InChI is InChI=1S/C13H17N5S/c14-10-11-9-12(1-2-15-11)17-4-6-18(7-5-17)13-16-3-8-19-13/h1-3,8-9H,4-7,10,14H2. The maximum Gasteiger partial charge on any atom is 0.185 e. The Morgan fingerprint density at radius 2 is 1.89 bits per heavy atom. The van der Waals surface area contributed by atoms with Crippen molar-refractivity contribution in [1.82, 2.24) is 9.97 Å². The van der Waals surface area contributed by atoms with Gasteiger partial charge < -0.3 is 15.5 Å². The highest BCUT2D eigenvalue weighted by Crippen LogP contribution is 2.22. The fourth-order valence-corrected chi connectivity index (χ4v) is 3.00. The minimum atomic E-state index is 0.493. The van der Waals surface area contributed by atoms with Gasteiger partial charge in [0, 0.05) is 56.2 Å². The predicted molar refractivity (Wildman–Crippen MR) is 78.7 cm³/mol. The lowest BCUT2D eigenvalue weighted by atomic mass is 10.2. The Hall–Kier alpha value is -1.66. The first-order valence-corrected chi connectivity index (χ1v) is 7.29. The Kier molecular flexibility index (Phi) is 3.61. The molecular formula is C13H17N5S. The van der Waals surface area contributed by atoms with E-state index < -0.39 is 0 Å². The number of nitrogens with two attached hydrogens (primary N) is 1. The molecule has 0 radical (unpaired) electrons. The van der Waals surface area contributed by atoms with E-state index in [9.17, 15) is 0 Å². The first-order chi connectivity index (χ1) is 9.36. The predicted octanol–water partition coefficient (Wildman–Crippen LogP) is 1.32. The van der Waals surface area contributed by atoms with Crippen LogP contribution in [-0.4, -0.2) is 36.1 Å². The van der Waals surface area contributed by atoms with E-state index in [1.54, 1.807) is 11.3 Å². The molecular weight excluding hydrogens is 258 g/mol. The van der Waals surface area contributed by atoms with Crippen LogP contribution in [0.15, 0.2) is 29.9 Å². The summed E-state index contributed by atoms with van der Waals surface area (Å²) in [7, 11) is 0. The zero-order chi connectivity index (χ0) is 13.1. The Morgan fingerprint density at radius 1 is 1.11 bits per heavy atom. The summed E-state index contributed by atoms with van der Waals surface area (Å²) >= 11 is 1.70. The molecule has 3 heterocycles. The molecule has 1 fully saturated rings. The van der Waals surface area contributed by atoms with Crippen molar-refractivity contribution in [2.45, 2.75) is 6.54 Å². The molecule has 0 unspecified atom stereocenters. The second-order valence-electron chi connectivity index (χ2n) is 4.50. The lowest BCUT2D eigenvalue weighted by molar-refractivity contribution is 0.651. The van der Waals surface area contributed by atoms with Crippen LogP contribution in [0, 0.1) is 0 Å². The number of pyridine rings is 1. The smallest absolute Gasteiger partial charge is 0.185 e. The van der Waals surface area contributed by atoms with E-state index in [1.165, 1.54) is 5.69 Å². The molecule has 0 amide bonds. The largest absolute Gasteiger partial charge is 0.368 e. The second kappa shape index (κ2) is 5.54. The van der Waals surface area contributed by atoms with E-state index in [4.69, 9.17) is 5.73 Å². The molecule has 0 saturated carbocycles. The summed E-state index contributed by atoms with van der Waals surface area (Å²) in [5.74, 6) is 0. The number of rotatable bonds is 3. The molecule has 1 saturated heterocycles. The molecule has 19 heavy (non-hydrogen) atoms. The molecule has 2 aromatic rings. The molecule has 0 bridgehead atoms. The Balaban J connectivity index is 1.66. The van der Waals surface area contributed by atoms with Gasteiger partial charge in [0.25, 0.3) is 0 Å². The molecule has 3 rings (SSSR count). The molecule has 0 spiro atoms. The number of thiazole rings is 1. The van der Waals surface area contributed by atoms with Crippen molar-refractivity contribution in [1.29, 1.82) is 0 Å². The maximum absolute atomic E-state index is 5.64. The molecule has 0 aliphatic carbocycles. The number of nitrogens with zero attached hydrogens (tertiary/aromatic N) is 4. The number of anilines is 2. The molecule has 100 valence electrons. The minimum Gasteiger partial charge on any atom is -0.368 e. The SMILES string of the molecule is NCc1cc(N2CCN(c3nccs3)CC2)ccn1. The second-order valence-corrected chi connectivity index (χ2v) is 5.37. The topological polar surface area (TPSA) is 58.3 Å². The van der Waals surface area contributed by atoms with Gasteiger partial charge in [-0.2, -0.15) is 0 Å². The summed E-state index contributed by atoms with van der Waals surface area (Å²) in [4.78, 5) is 13.3. The van der Waals surface area contributed by atoms with Gasteiger partial charge in [-0.25, -0.2) is 4.98 Å². The Bertz CT molecular complexity index is 520. The van der Waals surface area contributed by atoms with Crippen LogP contribution in [0.2, 0.25) is 0 Å². The van der Waals surface area contributed by atoms with Crippen LogP contribution in [0.5, 0.6) is 0 Å². The molecule has 1 aliphatic heterocycles. The van der Waals surface area contributed by atoms with Crippen LogP contribution >= 0.6 is 11.3 Å². The molecule has 0 atom stereocenters. The lowest BCUT2D eigenvalue weighted by Crippen LogP contribution is -2.46. The van der Waals surface area contributed by atoms with Gasteiger partial charge in [-0.05, 0) is 12.1 Å². The van der Waals surface area contributed by atoms with Crippen molar-refractivity contribution in [3.63, 3.8) is 0 Å². The summed E-state index contributed by atoms with van der Waals surface area (Å²) in [5, 5.41) is 3.15. The third-order valence-electron chi connectivity index (χ3n) is 3.34. The van der Waals surface area contributed by atoms with Gasteiger partial charge in [-0.15, -0.1) is 11.3 Å². The lowest BCUT2D eigenvalue weighted by Gasteiger charge is -2.36. The monoisotopic (exact) mass is 275 g/mol. The summed E-state index contributed by atoms with van der Waals surface area (Å²) in [6.07, 6.45) is 3.70. The van der Waals surface area contributed by atoms with Crippen LogP contribution in [0.3, 0.4) is 0 Å². The highest BCUT2D eigenvalue weighted by Gasteiger charge is 2.18. The normalized spacial score (nSPS) is 15.8. The van der Waals surface area contributed by atoms with Gasteiger partial charge in [-0.1, -0.05) is 0 Å². The molecule has 1 aliphatic rings. The highest BCUT2D eigenvalue weighted by molar-refractivity contribution is 7.13. The van der Waals surface area contributed by atoms with Crippen molar-refractivity contribution < 1.29 is 0 Å². The molecule has 0 aromatic carbocycles. The third-order valence-corrected chi connectivity index (χ3v) is 4.18. The zero-order valence-corrected chi connectivity index (χ0v) is 11.5.